The molecule has 0 saturated carbocycles. The smallest absolute Gasteiger partial charge is 0.340 e. The molecular formula is C14H16N2O3. The monoisotopic (exact) mass is 260 g/mol. The van der Waals surface area contributed by atoms with Gasteiger partial charge in [0.25, 0.3) is 0 Å². The van der Waals surface area contributed by atoms with Crippen LogP contribution >= 0.6 is 0 Å². The molecule has 2 N–H and O–H groups in total. The molecule has 100 valence electrons. The number of methoxy groups -OCH3 is 1. The maximum Gasteiger partial charge on any atom is 0.340 e. The van der Waals surface area contributed by atoms with E-state index in [1.54, 1.807) is 24.5 Å². The number of hydrogen-bond donors (Lipinski definition) is 1. The summed E-state index contributed by atoms with van der Waals surface area (Å²) in [5.41, 5.74) is 7.42. The maximum atomic E-state index is 11.8. The Morgan fingerprint density at radius 1 is 1.42 bits per heavy atom. The van der Waals surface area contributed by atoms with E-state index < -0.39 is 5.97 Å². The van der Waals surface area contributed by atoms with Gasteiger partial charge in [-0.25, -0.2) is 4.79 Å². The van der Waals surface area contributed by atoms with Gasteiger partial charge < -0.3 is 19.8 Å². The van der Waals surface area contributed by atoms with Crippen molar-refractivity contribution in [3.8, 4) is 0 Å². The summed E-state index contributed by atoms with van der Waals surface area (Å²) in [5.74, 6) is 0.406. The zero-order valence-electron chi connectivity index (χ0n) is 10.9. The Morgan fingerprint density at radius 2 is 2.21 bits per heavy atom. The van der Waals surface area contributed by atoms with Crippen molar-refractivity contribution in [1.29, 1.82) is 0 Å². The van der Waals surface area contributed by atoms with Crippen LogP contribution in [0, 0.1) is 0 Å². The van der Waals surface area contributed by atoms with Crippen LogP contribution in [-0.2, 0) is 11.3 Å². The van der Waals surface area contributed by atoms with Crippen molar-refractivity contribution in [2.45, 2.75) is 6.54 Å². The van der Waals surface area contributed by atoms with Gasteiger partial charge in [0, 0.05) is 12.7 Å². The number of hydrogen-bond acceptors (Lipinski definition) is 5. The fourth-order valence-electron chi connectivity index (χ4n) is 1.88. The molecule has 5 nitrogen and oxygen atoms in total. The average Bonchev–Trinajstić information content (AvgIpc) is 2.90. The number of anilines is 2. The van der Waals surface area contributed by atoms with Crippen LogP contribution in [0.2, 0.25) is 0 Å². The predicted octanol–water partition coefficient (Wildman–Crippen LogP) is 2.28. The zero-order valence-corrected chi connectivity index (χ0v) is 10.9. The molecule has 0 unspecified atom stereocenters. The first-order valence-electron chi connectivity index (χ1n) is 5.83. The highest BCUT2D eigenvalue weighted by Gasteiger charge is 2.16. The van der Waals surface area contributed by atoms with Gasteiger partial charge in [-0.05, 0) is 30.3 Å². The van der Waals surface area contributed by atoms with Gasteiger partial charge in [-0.15, -0.1) is 0 Å². The van der Waals surface area contributed by atoms with Crippen molar-refractivity contribution in [2.75, 3.05) is 24.8 Å². The number of carbonyl (C=O) groups excluding carboxylic acids is 1. The fraction of sp³-hybridized carbons (Fsp3) is 0.214. The second kappa shape index (κ2) is 5.48. The average molecular weight is 260 g/mol. The molecule has 0 aliphatic heterocycles. The lowest BCUT2D eigenvalue weighted by atomic mass is 10.1. The van der Waals surface area contributed by atoms with Crippen LogP contribution in [0.1, 0.15) is 16.1 Å². The predicted molar refractivity (Wildman–Crippen MR) is 73.0 cm³/mol. The number of nitrogen functional groups attached to an aromatic ring is 1. The Balaban J connectivity index is 2.30. The molecule has 0 fully saturated rings. The van der Waals surface area contributed by atoms with Gasteiger partial charge in [0.15, 0.2) is 0 Å². The van der Waals surface area contributed by atoms with E-state index in [2.05, 4.69) is 0 Å². The Kier molecular flexibility index (Phi) is 3.75. The van der Waals surface area contributed by atoms with Crippen LogP contribution < -0.4 is 10.6 Å². The van der Waals surface area contributed by atoms with Crippen LogP contribution in [0.5, 0.6) is 0 Å². The second-order valence-corrected chi connectivity index (χ2v) is 4.20. The maximum absolute atomic E-state index is 11.8. The van der Waals surface area contributed by atoms with Gasteiger partial charge in [-0.3, -0.25) is 0 Å². The van der Waals surface area contributed by atoms with Gasteiger partial charge in [-0.1, -0.05) is 0 Å². The van der Waals surface area contributed by atoms with E-state index in [1.165, 1.54) is 7.11 Å². The Hall–Kier alpha value is -2.43. The minimum atomic E-state index is -0.409. The number of furan rings is 1. The minimum absolute atomic E-state index is 0.409. The molecule has 1 aromatic heterocycles. The van der Waals surface area contributed by atoms with E-state index in [1.807, 2.05) is 24.1 Å². The molecule has 0 spiro atoms. The van der Waals surface area contributed by atoms with E-state index >= 15 is 0 Å². The third-order valence-corrected chi connectivity index (χ3v) is 2.81. The molecule has 0 atom stereocenters. The van der Waals surface area contributed by atoms with E-state index in [4.69, 9.17) is 14.9 Å². The highest BCUT2D eigenvalue weighted by atomic mass is 16.5. The molecule has 0 bridgehead atoms. The lowest BCUT2D eigenvalue weighted by Crippen LogP contribution is -2.19. The van der Waals surface area contributed by atoms with E-state index in [-0.39, 0.29) is 0 Å². The van der Waals surface area contributed by atoms with E-state index in [9.17, 15) is 4.79 Å². The summed E-state index contributed by atoms with van der Waals surface area (Å²) in [6, 6.07) is 8.86. The van der Waals surface area contributed by atoms with Crippen LogP contribution in [0.15, 0.2) is 41.0 Å². The summed E-state index contributed by atoms with van der Waals surface area (Å²) in [5, 5.41) is 0. The van der Waals surface area contributed by atoms with Crippen molar-refractivity contribution in [2.24, 2.45) is 0 Å². The summed E-state index contributed by atoms with van der Waals surface area (Å²) in [6.07, 6.45) is 1.62. The van der Waals surface area contributed by atoms with Crippen molar-refractivity contribution >= 4 is 17.3 Å². The van der Waals surface area contributed by atoms with Gasteiger partial charge in [0.05, 0.1) is 31.2 Å². The summed E-state index contributed by atoms with van der Waals surface area (Å²) in [6.45, 7) is 0.556. The normalized spacial score (nSPS) is 10.2. The third-order valence-electron chi connectivity index (χ3n) is 2.81. The first kappa shape index (κ1) is 13.0. The zero-order chi connectivity index (χ0) is 13.8. The van der Waals surface area contributed by atoms with Crippen LogP contribution in [0.3, 0.4) is 0 Å². The summed E-state index contributed by atoms with van der Waals surface area (Å²) in [4.78, 5) is 13.7. The first-order valence-corrected chi connectivity index (χ1v) is 5.83. The number of ether oxygens (including phenoxy) is 1. The Bertz CT molecular complexity index is 564. The minimum Gasteiger partial charge on any atom is -0.467 e. The second-order valence-electron chi connectivity index (χ2n) is 4.20. The molecule has 19 heavy (non-hydrogen) atoms. The lowest BCUT2D eigenvalue weighted by Gasteiger charge is -2.20. The van der Waals surface area contributed by atoms with Crippen LogP contribution in [0.25, 0.3) is 0 Å². The molecule has 0 radical (unpaired) electrons. The van der Waals surface area contributed by atoms with Crippen LogP contribution in [0.4, 0.5) is 11.4 Å². The number of rotatable bonds is 4. The quantitative estimate of drug-likeness (QED) is 0.674. The molecular weight excluding hydrogens is 244 g/mol. The van der Waals surface area contributed by atoms with Crippen molar-refractivity contribution in [3.05, 3.63) is 47.9 Å². The van der Waals surface area contributed by atoms with Crippen molar-refractivity contribution in [1.82, 2.24) is 0 Å². The SMILES string of the molecule is COC(=O)c1cc(N)ccc1N(C)Cc1ccco1. The molecule has 5 heteroatoms. The number of carbonyl (C=O) groups is 1. The number of nitrogens with zero attached hydrogens (tertiary/aromatic N) is 1. The summed E-state index contributed by atoms with van der Waals surface area (Å²) >= 11 is 0. The lowest BCUT2D eigenvalue weighted by molar-refractivity contribution is 0.0601. The van der Waals surface area contributed by atoms with Crippen molar-refractivity contribution in [3.63, 3.8) is 0 Å². The molecule has 0 aliphatic carbocycles. The van der Waals surface area contributed by atoms with Crippen LogP contribution in [-0.4, -0.2) is 20.1 Å². The largest absolute Gasteiger partial charge is 0.467 e. The van der Waals surface area contributed by atoms with E-state index in [0.29, 0.717) is 17.8 Å². The number of esters is 1. The standard InChI is InChI=1S/C14H16N2O3/c1-16(9-11-4-3-7-19-11)13-6-5-10(15)8-12(13)14(17)18-2/h3-8H,9,15H2,1-2H3. The van der Waals surface area contributed by atoms with Gasteiger partial charge >= 0.3 is 5.97 Å². The topological polar surface area (TPSA) is 68.7 Å². The summed E-state index contributed by atoms with van der Waals surface area (Å²) < 4.78 is 10.1. The molecule has 1 aromatic carbocycles. The molecule has 1 heterocycles. The Morgan fingerprint density at radius 3 is 2.84 bits per heavy atom. The number of benzene rings is 1. The van der Waals surface area contributed by atoms with Gasteiger partial charge in [-0.2, -0.15) is 0 Å². The van der Waals surface area contributed by atoms with Crippen molar-refractivity contribution < 1.29 is 13.9 Å². The first-order chi connectivity index (χ1) is 9.11. The van der Waals surface area contributed by atoms with E-state index in [0.717, 1.165) is 11.4 Å². The fourth-order valence-corrected chi connectivity index (χ4v) is 1.88. The third kappa shape index (κ3) is 2.88. The molecule has 2 rings (SSSR count). The van der Waals surface area contributed by atoms with Gasteiger partial charge in [0.1, 0.15) is 5.76 Å². The number of nitrogens with two attached hydrogens (primary N) is 1. The Labute approximate surface area is 111 Å². The summed E-state index contributed by atoms with van der Waals surface area (Å²) in [7, 11) is 3.22. The molecule has 0 aliphatic rings. The highest BCUT2D eigenvalue weighted by Crippen LogP contribution is 2.24. The molecule has 2 aromatic rings. The van der Waals surface area contributed by atoms with Gasteiger partial charge in [0.2, 0.25) is 0 Å². The highest BCUT2D eigenvalue weighted by molar-refractivity contribution is 5.96. The molecule has 0 saturated heterocycles. The molecule has 0 amide bonds.